The maximum atomic E-state index is 12.8. The first kappa shape index (κ1) is 10.8. The fourth-order valence-corrected chi connectivity index (χ4v) is 1.82. The molecule has 0 bridgehead atoms. The Kier molecular flexibility index (Phi) is 2.72. The predicted octanol–water partition coefficient (Wildman–Crippen LogP) is 2.59. The van der Waals surface area contributed by atoms with Gasteiger partial charge in [0.2, 0.25) is 0 Å². The van der Waals surface area contributed by atoms with Gasteiger partial charge in [0.1, 0.15) is 18.3 Å². The minimum absolute atomic E-state index is 0.240. The molecule has 18 heavy (non-hydrogen) atoms. The van der Waals surface area contributed by atoms with E-state index < -0.39 is 6.29 Å². The van der Waals surface area contributed by atoms with Crippen molar-refractivity contribution >= 4 is 0 Å². The van der Waals surface area contributed by atoms with Gasteiger partial charge in [0.25, 0.3) is 6.29 Å². The van der Waals surface area contributed by atoms with Crippen LogP contribution in [0, 0.1) is 5.82 Å². The molecular weight excluding hydrogens is 235 g/mol. The van der Waals surface area contributed by atoms with E-state index in [0.29, 0.717) is 12.4 Å². The lowest BCUT2D eigenvalue weighted by Crippen LogP contribution is -2.10. The van der Waals surface area contributed by atoms with Gasteiger partial charge >= 0.3 is 0 Å². The maximum Gasteiger partial charge on any atom is 0.299 e. The number of imidazole rings is 1. The minimum Gasteiger partial charge on any atom is -0.452 e. The molecular formula is C13H11FN2O2. The second kappa shape index (κ2) is 4.52. The van der Waals surface area contributed by atoms with Crippen molar-refractivity contribution in [2.75, 3.05) is 0 Å². The van der Waals surface area contributed by atoms with Gasteiger partial charge in [-0.25, -0.2) is 9.37 Å². The van der Waals surface area contributed by atoms with E-state index in [4.69, 9.17) is 9.47 Å². The zero-order valence-electron chi connectivity index (χ0n) is 9.49. The molecule has 0 saturated carbocycles. The first-order chi connectivity index (χ1) is 8.83. The van der Waals surface area contributed by atoms with Crippen LogP contribution >= 0.6 is 0 Å². The summed E-state index contributed by atoms with van der Waals surface area (Å²) in [6.45, 7) is 0.596. The van der Waals surface area contributed by atoms with Crippen LogP contribution < -0.4 is 0 Å². The van der Waals surface area contributed by atoms with Gasteiger partial charge in [0, 0.05) is 18.9 Å². The molecule has 2 heterocycles. The Morgan fingerprint density at radius 1 is 1.17 bits per heavy atom. The quantitative estimate of drug-likeness (QED) is 0.835. The van der Waals surface area contributed by atoms with Gasteiger partial charge in [-0.2, -0.15) is 0 Å². The molecule has 0 atom stereocenters. The zero-order valence-corrected chi connectivity index (χ0v) is 9.49. The molecule has 0 aliphatic carbocycles. The van der Waals surface area contributed by atoms with E-state index in [-0.39, 0.29) is 5.82 Å². The summed E-state index contributed by atoms with van der Waals surface area (Å²) in [7, 11) is 0. The lowest BCUT2D eigenvalue weighted by Gasteiger charge is -2.12. The van der Waals surface area contributed by atoms with E-state index in [1.165, 1.54) is 24.7 Å². The van der Waals surface area contributed by atoms with Crippen molar-refractivity contribution in [1.29, 1.82) is 0 Å². The number of nitrogens with zero attached hydrogens (tertiary/aromatic N) is 2. The van der Waals surface area contributed by atoms with E-state index >= 15 is 0 Å². The molecule has 0 radical (unpaired) electrons. The third-order valence-corrected chi connectivity index (χ3v) is 2.68. The molecule has 0 amide bonds. The van der Waals surface area contributed by atoms with E-state index in [2.05, 4.69) is 4.98 Å². The third kappa shape index (κ3) is 2.07. The van der Waals surface area contributed by atoms with Crippen LogP contribution in [0.1, 0.15) is 17.7 Å². The summed E-state index contributed by atoms with van der Waals surface area (Å²) in [4.78, 5) is 4.21. The molecule has 1 aromatic carbocycles. The molecule has 0 unspecified atom stereocenters. The lowest BCUT2D eigenvalue weighted by molar-refractivity contribution is -0.0337. The topological polar surface area (TPSA) is 36.3 Å². The molecule has 0 spiro atoms. The van der Waals surface area contributed by atoms with Crippen molar-refractivity contribution in [3.8, 4) is 0 Å². The van der Waals surface area contributed by atoms with E-state index in [0.717, 1.165) is 5.56 Å². The van der Waals surface area contributed by atoms with E-state index in [1.54, 1.807) is 18.3 Å². The molecule has 0 saturated heterocycles. The van der Waals surface area contributed by atoms with Gasteiger partial charge in [-0.3, -0.25) is 0 Å². The van der Waals surface area contributed by atoms with Crippen molar-refractivity contribution in [1.82, 2.24) is 9.55 Å². The molecule has 4 nitrogen and oxygen atoms in total. The fourth-order valence-electron chi connectivity index (χ4n) is 1.82. The van der Waals surface area contributed by atoms with Crippen LogP contribution in [0.2, 0.25) is 0 Å². The van der Waals surface area contributed by atoms with Crippen LogP contribution in [0.25, 0.3) is 0 Å². The molecule has 5 heteroatoms. The molecule has 1 aliphatic rings. The van der Waals surface area contributed by atoms with E-state index in [1.807, 2.05) is 10.8 Å². The SMILES string of the molecule is Fc1ccc(Cn2ccnc2C2OC=CO2)cc1. The largest absolute Gasteiger partial charge is 0.452 e. The molecule has 0 N–H and O–H groups in total. The first-order valence-corrected chi connectivity index (χ1v) is 5.54. The first-order valence-electron chi connectivity index (χ1n) is 5.54. The van der Waals surface area contributed by atoms with E-state index in [9.17, 15) is 4.39 Å². The zero-order chi connectivity index (χ0) is 12.4. The van der Waals surface area contributed by atoms with Crippen LogP contribution in [0.5, 0.6) is 0 Å². The van der Waals surface area contributed by atoms with Crippen molar-refractivity contribution < 1.29 is 13.9 Å². The van der Waals surface area contributed by atoms with Crippen molar-refractivity contribution in [2.24, 2.45) is 0 Å². The van der Waals surface area contributed by atoms with Gasteiger partial charge in [-0.05, 0) is 17.7 Å². The number of halogens is 1. The summed E-state index contributed by atoms with van der Waals surface area (Å²) >= 11 is 0. The standard InChI is InChI=1S/C13H11FN2O2/c14-11-3-1-10(2-4-11)9-16-6-5-15-12(16)13-17-7-8-18-13/h1-8,13H,9H2. The Morgan fingerprint density at radius 2 is 1.89 bits per heavy atom. The second-order valence-corrected chi connectivity index (χ2v) is 3.92. The lowest BCUT2D eigenvalue weighted by atomic mass is 10.2. The summed E-state index contributed by atoms with van der Waals surface area (Å²) in [5.74, 6) is 0.445. The maximum absolute atomic E-state index is 12.8. The molecule has 2 aromatic rings. The number of ether oxygens (including phenoxy) is 2. The van der Waals surface area contributed by atoms with Gasteiger partial charge in [0.15, 0.2) is 5.82 Å². The molecule has 1 aliphatic heterocycles. The summed E-state index contributed by atoms with van der Waals surface area (Å²) in [6, 6.07) is 6.37. The highest BCUT2D eigenvalue weighted by atomic mass is 19.1. The number of hydrogen-bond donors (Lipinski definition) is 0. The third-order valence-electron chi connectivity index (χ3n) is 2.68. The smallest absolute Gasteiger partial charge is 0.299 e. The van der Waals surface area contributed by atoms with Gasteiger partial charge < -0.3 is 14.0 Å². The summed E-state index contributed by atoms with van der Waals surface area (Å²) < 4.78 is 25.2. The number of rotatable bonds is 3. The predicted molar refractivity (Wildman–Crippen MR) is 61.8 cm³/mol. The highest BCUT2D eigenvalue weighted by Gasteiger charge is 2.20. The highest BCUT2D eigenvalue weighted by Crippen LogP contribution is 2.23. The average Bonchev–Trinajstić information content (AvgIpc) is 3.02. The summed E-state index contributed by atoms with van der Waals surface area (Å²) in [5, 5.41) is 0. The second-order valence-electron chi connectivity index (χ2n) is 3.92. The fraction of sp³-hybridized carbons (Fsp3) is 0.154. The normalized spacial score (nSPS) is 14.5. The van der Waals surface area contributed by atoms with Crippen LogP contribution in [0.15, 0.2) is 49.2 Å². The minimum atomic E-state index is -0.500. The molecule has 1 aromatic heterocycles. The van der Waals surface area contributed by atoms with Crippen LogP contribution in [0.4, 0.5) is 4.39 Å². The average molecular weight is 246 g/mol. The number of benzene rings is 1. The monoisotopic (exact) mass is 246 g/mol. The van der Waals surface area contributed by atoms with Crippen molar-refractivity contribution in [2.45, 2.75) is 12.8 Å². The Labute approximate surface area is 103 Å². The highest BCUT2D eigenvalue weighted by molar-refractivity contribution is 5.17. The van der Waals surface area contributed by atoms with Crippen LogP contribution in [-0.2, 0) is 16.0 Å². The summed E-state index contributed by atoms with van der Waals surface area (Å²) in [6.07, 6.45) is 6.00. The molecule has 92 valence electrons. The van der Waals surface area contributed by atoms with Crippen molar-refractivity contribution in [3.05, 3.63) is 66.4 Å². The molecule has 0 fully saturated rings. The van der Waals surface area contributed by atoms with Crippen molar-refractivity contribution in [3.63, 3.8) is 0 Å². The van der Waals surface area contributed by atoms with Gasteiger partial charge in [-0.15, -0.1) is 0 Å². The van der Waals surface area contributed by atoms with Gasteiger partial charge in [-0.1, -0.05) is 12.1 Å². The summed E-state index contributed by atoms with van der Waals surface area (Å²) in [5.41, 5.74) is 0.988. The molecule has 3 rings (SSSR count). The Hall–Kier alpha value is -2.30. The Bertz CT molecular complexity index is 555. The van der Waals surface area contributed by atoms with Crippen LogP contribution in [-0.4, -0.2) is 9.55 Å². The van der Waals surface area contributed by atoms with Crippen LogP contribution in [0.3, 0.4) is 0 Å². The Balaban J connectivity index is 1.80. The van der Waals surface area contributed by atoms with Gasteiger partial charge in [0.05, 0.1) is 0 Å². The number of aromatic nitrogens is 2. The Morgan fingerprint density at radius 3 is 2.61 bits per heavy atom. The number of hydrogen-bond acceptors (Lipinski definition) is 3.